The molecule has 0 bridgehead atoms. The van der Waals surface area contributed by atoms with Crippen LogP contribution in [0.4, 0.5) is 14.5 Å². The summed E-state index contributed by atoms with van der Waals surface area (Å²) >= 11 is 0. The number of anilines is 1. The molecule has 1 aliphatic rings. The zero-order valence-corrected chi connectivity index (χ0v) is 14.6. The summed E-state index contributed by atoms with van der Waals surface area (Å²) in [5.74, 6) is -0.731. The van der Waals surface area contributed by atoms with Gasteiger partial charge in [-0.25, -0.2) is 8.78 Å². The predicted octanol–water partition coefficient (Wildman–Crippen LogP) is 1.23. The number of hydrogen-bond donors (Lipinski definition) is 3. The first kappa shape index (κ1) is 19.0. The summed E-state index contributed by atoms with van der Waals surface area (Å²) in [6.45, 7) is 3.75. The molecule has 8 heteroatoms. The van der Waals surface area contributed by atoms with Crippen LogP contribution < -0.4 is 20.9 Å². The van der Waals surface area contributed by atoms with Crippen LogP contribution in [0.1, 0.15) is 19.8 Å². The minimum absolute atomic E-state index is 0.00805. The van der Waals surface area contributed by atoms with Crippen LogP contribution in [0.3, 0.4) is 0 Å². The lowest BCUT2D eigenvalue weighted by molar-refractivity contribution is -0.120. The largest absolute Gasteiger partial charge is 0.365 e. The molecule has 25 heavy (non-hydrogen) atoms. The monoisotopic (exact) mass is 353 g/mol. The summed E-state index contributed by atoms with van der Waals surface area (Å²) in [5.41, 5.74) is 0.00805. The Hall–Kier alpha value is -2.38. The summed E-state index contributed by atoms with van der Waals surface area (Å²) in [5, 5.41) is 8.90. The van der Waals surface area contributed by atoms with Gasteiger partial charge in [-0.1, -0.05) is 13.0 Å². The van der Waals surface area contributed by atoms with Crippen LogP contribution in [-0.2, 0) is 4.79 Å². The van der Waals surface area contributed by atoms with Crippen molar-refractivity contribution in [3.63, 3.8) is 0 Å². The molecule has 1 aromatic rings. The molecule has 2 rings (SSSR count). The SMILES string of the molecule is CCCNC(=O)CNC(=NC)NC1CCN(c2c(F)cccc2F)C1. The Morgan fingerprint density at radius 3 is 2.68 bits per heavy atom. The summed E-state index contributed by atoms with van der Waals surface area (Å²) in [6.07, 6.45) is 1.60. The van der Waals surface area contributed by atoms with Crippen LogP contribution in [0.25, 0.3) is 0 Å². The van der Waals surface area contributed by atoms with Gasteiger partial charge in [-0.15, -0.1) is 0 Å². The number of benzene rings is 1. The van der Waals surface area contributed by atoms with Crippen molar-refractivity contribution in [2.75, 3.05) is 38.1 Å². The molecule has 1 aromatic carbocycles. The van der Waals surface area contributed by atoms with Gasteiger partial charge >= 0.3 is 0 Å². The van der Waals surface area contributed by atoms with Gasteiger partial charge in [0, 0.05) is 32.7 Å². The third-order valence-corrected chi connectivity index (χ3v) is 4.00. The molecule has 1 amide bonds. The minimum Gasteiger partial charge on any atom is -0.365 e. The number of carbonyl (C=O) groups excluding carboxylic acids is 1. The average molecular weight is 353 g/mol. The van der Waals surface area contributed by atoms with E-state index in [2.05, 4.69) is 20.9 Å². The molecule has 6 nitrogen and oxygen atoms in total. The van der Waals surface area contributed by atoms with Crippen LogP contribution in [0.2, 0.25) is 0 Å². The molecule has 0 saturated carbocycles. The van der Waals surface area contributed by atoms with Gasteiger partial charge in [0.05, 0.1) is 6.54 Å². The van der Waals surface area contributed by atoms with Gasteiger partial charge in [-0.05, 0) is 25.0 Å². The van der Waals surface area contributed by atoms with E-state index in [1.54, 1.807) is 11.9 Å². The van der Waals surface area contributed by atoms with Crippen molar-refractivity contribution >= 4 is 17.6 Å². The summed E-state index contributed by atoms with van der Waals surface area (Å²) in [6, 6.07) is 3.86. The van der Waals surface area contributed by atoms with Crippen LogP contribution >= 0.6 is 0 Å². The van der Waals surface area contributed by atoms with E-state index in [1.165, 1.54) is 18.2 Å². The van der Waals surface area contributed by atoms with E-state index in [-0.39, 0.29) is 24.2 Å². The van der Waals surface area contributed by atoms with E-state index in [0.29, 0.717) is 25.6 Å². The summed E-state index contributed by atoms with van der Waals surface area (Å²) in [7, 11) is 1.61. The van der Waals surface area contributed by atoms with Crippen LogP contribution in [0.5, 0.6) is 0 Å². The molecule has 3 N–H and O–H groups in total. The lowest BCUT2D eigenvalue weighted by atomic mass is 10.2. The van der Waals surface area contributed by atoms with Gasteiger partial charge in [-0.3, -0.25) is 9.79 Å². The average Bonchev–Trinajstić information content (AvgIpc) is 3.04. The number of rotatable bonds is 6. The number of para-hydroxylation sites is 1. The highest BCUT2D eigenvalue weighted by molar-refractivity contribution is 5.86. The zero-order chi connectivity index (χ0) is 18.2. The van der Waals surface area contributed by atoms with E-state index in [4.69, 9.17) is 0 Å². The Bertz CT molecular complexity index is 603. The van der Waals surface area contributed by atoms with Crippen molar-refractivity contribution in [2.45, 2.75) is 25.8 Å². The lowest BCUT2D eigenvalue weighted by Gasteiger charge is -2.21. The molecule has 1 atom stereocenters. The molecule has 1 unspecified atom stereocenters. The second-order valence-electron chi connectivity index (χ2n) is 5.92. The van der Waals surface area contributed by atoms with Crippen molar-refractivity contribution in [1.29, 1.82) is 0 Å². The van der Waals surface area contributed by atoms with Gasteiger partial charge in [0.15, 0.2) is 5.96 Å². The second-order valence-corrected chi connectivity index (χ2v) is 5.92. The first-order chi connectivity index (χ1) is 12.0. The van der Waals surface area contributed by atoms with Gasteiger partial charge in [0.2, 0.25) is 5.91 Å². The van der Waals surface area contributed by atoms with E-state index >= 15 is 0 Å². The molecule has 1 fully saturated rings. The quantitative estimate of drug-likeness (QED) is 0.532. The van der Waals surface area contributed by atoms with Crippen LogP contribution in [0.15, 0.2) is 23.2 Å². The number of halogens is 2. The van der Waals surface area contributed by atoms with Crippen molar-refractivity contribution < 1.29 is 13.6 Å². The molecule has 1 saturated heterocycles. The fourth-order valence-electron chi connectivity index (χ4n) is 2.75. The Morgan fingerprint density at radius 2 is 2.04 bits per heavy atom. The number of hydrogen-bond acceptors (Lipinski definition) is 3. The number of amides is 1. The Labute approximate surface area is 146 Å². The molecule has 0 radical (unpaired) electrons. The lowest BCUT2D eigenvalue weighted by Crippen LogP contribution is -2.47. The van der Waals surface area contributed by atoms with Crippen molar-refractivity contribution in [3.05, 3.63) is 29.8 Å². The predicted molar refractivity (Wildman–Crippen MR) is 94.8 cm³/mol. The molecule has 138 valence electrons. The zero-order valence-electron chi connectivity index (χ0n) is 14.6. The molecule has 1 heterocycles. The standard InChI is InChI=1S/C17H25F2N5O/c1-3-8-21-15(25)10-22-17(20-2)23-12-7-9-24(11-12)16-13(18)5-4-6-14(16)19/h4-6,12H,3,7-11H2,1-2H3,(H,21,25)(H2,20,22,23). The number of nitrogens with one attached hydrogen (secondary N) is 3. The smallest absolute Gasteiger partial charge is 0.239 e. The fraction of sp³-hybridized carbons (Fsp3) is 0.529. The molecule has 0 spiro atoms. The van der Waals surface area contributed by atoms with Gasteiger partial charge in [-0.2, -0.15) is 0 Å². The van der Waals surface area contributed by atoms with Gasteiger partial charge < -0.3 is 20.9 Å². The highest BCUT2D eigenvalue weighted by Crippen LogP contribution is 2.26. The van der Waals surface area contributed by atoms with E-state index in [1.807, 2.05) is 6.92 Å². The molecule has 1 aliphatic heterocycles. The third-order valence-electron chi connectivity index (χ3n) is 4.00. The highest BCUT2D eigenvalue weighted by atomic mass is 19.1. The second kappa shape index (κ2) is 9.19. The third kappa shape index (κ3) is 5.30. The van der Waals surface area contributed by atoms with E-state index < -0.39 is 11.6 Å². The van der Waals surface area contributed by atoms with Crippen molar-refractivity contribution in [3.8, 4) is 0 Å². The first-order valence-corrected chi connectivity index (χ1v) is 8.48. The minimum atomic E-state index is -0.559. The van der Waals surface area contributed by atoms with Gasteiger partial charge in [0.25, 0.3) is 0 Å². The van der Waals surface area contributed by atoms with E-state index in [9.17, 15) is 13.6 Å². The highest BCUT2D eigenvalue weighted by Gasteiger charge is 2.27. The Kier molecular flexibility index (Phi) is 6.97. The van der Waals surface area contributed by atoms with Crippen molar-refractivity contribution in [2.24, 2.45) is 4.99 Å². The topological polar surface area (TPSA) is 68.8 Å². The maximum atomic E-state index is 13.9. The summed E-state index contributed by atoms with van der Waals surface area (Å²) in [4.78, 5) is 17.4. The Balaban J connectivity index is 1.86. The van der Waals surface area contributed by atoms with E-state index in [0.717, 1.165) is 12.8 Å². The van der Waals surface area contributed by atoms with Crippen LogP contribution in [-0.4, -0.2) is 51.1 Å². The maximum absolute atomic E-state index is 13.9. The fourth-order valence-corrected chi connectivity index (χ4v) is 2.75. The number of guanidine groups is 1. The maximum Gasteiger partial charge on any atom is 0.239 e. The van der Waals surface area contributed by atoms with Gasteiger partial charge in [0.1, 0.15) is 17.3 Å². The molecular formula is C17H25F2N5O. The first-order valence-electron chi connectivity index (χ1n) is 8.48. The Morgan fingerprint density at radius 1 is 1.32 bits per heavy atom. The number of carbonyl (C=O) groups is 1. The summed E-state index contributed by atoms with van der Waals surface area (Å²) < 4.78 is 27.8. The number of aliphatic imine (C=N–C) groups is 1. The molecule has 0 aromatic heterocycles. The van der Waals surface area contributed by atoms with Crippen LogP contribution in [0, 0.1) is 11.6 Å². The normalized spacial score (nSPS) is 17.5. The number of nitrogens with zero attached hydrogens (tertiary/aromatic N) is 2. The molecular weight excluding hydrogens is 328 g/mol. The molecule has 0 aliphatic carbocycles. The van der Waals surface area contributed by atoms with Crippen molar-refractivity contribution in [1.82, 2.24) is 16.0 Å².